The standard InChI is InChI=1S/C27H25Br2N3O2/c1-17-3-12-23(18(2)15-17)30-26(33)13-14-27(34)32-25(20-6-10-22(29)11-7-20)16-24(31-32)19-4-8-21(28)9-5-19/h3-12,15,25H,13-14,16H2,1-2H3,(H,30,33). The lowest BCUT2D eigenvalue weighted by atomic mass is 9.98. The van der Waals surface area contributed by atoms with Crippen LogP contribution in [0.15, 0.2) is 80.8 Å². The molecule has 0 spiro atoms. The number of hydrazone groups is 1. The first-order chi connectivity index (χ1) is 16.3. The molecular formula is C27H25Br2N3O2. The molecule has 1 unspecified atom stereocenters. The Morgan fingerprint density at radius 1 is 0.941 bits per heavy atom. The number of nitrogens with one attached hydrogen (secondary N) is 1. The number of benzene rings is 3. The highest BCUT2D eigenvalue weighted by atomic mass is 79.9. The molecule has 2 amide bonds. The molecule has 174 valence electrons. The molecule has 1 N–H and O–H groups in total. The average Bonchev–Trinajstić information content (AvgIpc) is 3.26. The smallest absolute Gasteiger partial charge is 0.243 e. The molecular weight excluding hydrogens is 558 g/mol. The van der Waals surface area contributed by atoms with Gasteiger partial charge in [0.05, 0.1) is 11.8 Å². The summed E-state index contributed by atoms with van der Waals surface area (Å²) in [6.07, 6.45) is 0.795. The number of amides is 2. The normalized spacial score (nSPS) is 15.2. The summed E-state index contributed by atoms with van der Waals surface area (Å²) in [5.74, 6) is -0.354. The highest BCUT2D eigenvalue weighted by Crippen LogP contribution is 2.34. The number of nitrogens with zero attached hydrogens (tertiary/aromatic N) is 2. The molecule has 1 aliphatic rings. The summed E-state index contributed by atoms with van der Waals surface area (Å²) >= 11 is 6.94. The van der Waals surface area contributed by atoms with Crippen molar-refractivity contribution in [3.63, 3.8) is 0 Å². The molecule has 7 heteroatoms. The molecule has 1 atom stereocenters. The minimum atomic E-state index is -0.207. The molecule has 3 aromatic rings. The Morgan fingerprint density at radius 2 is 1.59 bits per heavy atom. The van der Waals surface area contributed by atoms with Crippen LogP contribution in [0.25, 0.3) is 0 Å². The first-order valence-electron chi connectivity index (χ1n) is 11.1. The molecule has 0 fully saturated rings. The summed E-state index contributed by atoms with van der Waals surface area (Å²) in [5, 5.41) is 9.16. The Balaban J connectivity index is 1.49. The second kappa shape index (κ2) is 10.7. The van der Waals surface area contributed by atoms with Crippen molar-refractivity contribution in [2.75, 3.05) is 5.32 Å². The highest BCUT2D eigenvalue weighted by molar-refractivity contribution is 9.10. The Kier molecular flexibility index (Phi) is 7.63. The van der Waals surface area contributed by atoms with E-state index in [9.17, 15) is 9.59 Å². The SMILES string of the molecule is Cc1ccc(NC(=O)CCC(=O)N2N=C(c3ccc(Br)cc3)CC2c2ccc(Br)cc2)c(C)c1. The van der Waals surface area contributed by atoms with Gasteiger partial charge in [-0.3, -0.25) is 9.59 Å². The van der Waals surface area contributed by atoms with Crippen LogP contribution in [0.1, 0.15) is 47.6 Å². The van der Waals surface area contributed by atoms with Gasteiger partial charge in [0, 0.05) is 33.9 Å². The van der Waals surface area contributed by atoms with Gasteiger partial charge in [-0.2, -0.15) is 5.10 Å². The van der Waals surface area contributed by atoms with E-state index in [2.05, 4.69) is 37.2 Å². The lowest BCUT2D eigenvalue weighted by molar-refractivity contribution is -0.134. The molecule has 1 aliphatic heterocycles. The van der Waals surface area contributed by atoms with Crippen molar-refractivity contribution in [1.82, 2.24) is 5.01 Å². The van der Waals surface area contributed by atoms with E-state index in [0.29, 0.717) is 6.42 Å². The third kappa shape index (κ3) is 5.83. The first kappa shape index (κ1) is 24.4. The number of carbonyl (C=O) groups is 2. The van der Waals surface area contributed by atoms with Gasteiger partial charge in [0.15, 0.2) is 0 Å². The molecule has 0 radical (unpaired) electrons. The number of anilines is 1. The van der Waals surface area contributed by atoms with E-state index in [0.717, 1.165) is 42.6 Å². The fraction of sp³-hybridized carbons (Fsp3) is 0.222. The minimum absolute atomic E-state index is 0.0842. The van der Waals surface area contributed by atoms with Gasteiger partial charge in [0.2, 0.25) is 11.8 Å². The summed E-state index contributed by atoms with van der Waals surface area (Å²) in [6.45, 7) is 3.97. The van der Waals surface area contributed by atoms with Gasteiger partial charge in [0.1, 0.15) is 0 Å². The van der Waals surface area contributed by atoms with Gasteiger partial charge in [-0.05, 0) is 60.9 Å². The first-order valence-corrected chi connectivity index (χ1v) is 12.7. The molecule has 0 saturated heterocycles. The van der Waals surface area contributed by atoms with Crippen LogP contribution in [0, 0.1) is 13.8 Å². The molecule has 3 aromatic carbocycles. The third-order valence-electron chi connectivity index (χ3n) is 5.82. The van der Waals surface area contributed by atoms with Crippen LogP contribution >= 0.6 is 31.9 Å². The van der Waals surface area contributed by atoms with Crippen molar-refractivity contribution in [1.29, 1.82) is 0 Å². The molecule has 34 heavy (non-hydrogen) atoms. The van der Waals surface area contributed by atoms with Crippen LogP contribution in [0.2, 0.25) is 0 Å². The zero-order valence-corrected chi connectivity index (χ0v) is 22.2. The van der Waals surface area contributed by atoms with Gasteiger partial charge in [-0.25, -0.2) is 5.01 Å². The predicted molar refractivity (Wildman–Crippen MR) is 143 cm³/mol. The monoisotopic (exact) mass is 581 g/mol. The van der Waals surface area contributed by atoms with Crippen LogP contribution in [-0.2, 0) is 9.59 Å². The molecule has 4 rings (SSSR count). The largest absolute Gasteiger partial charge is 0.326 e. The molecule has 0 aromatic heterocycles. The summed E-state index contributed by atoms with van der Waals surface area (Å²) in [6, 6.07) is 21.5. The molecule has 0 saturated carbocycles. The maximum absolute atomic E-state index is 13.2. The Bertz CT molecular complexity index is 1240. The Morgan fingerprint density at radius 3 is 2.24 bits per heavy atom. The summed E-state index contributed by atoms with van der Waals surface area (Å²) in [5.41, 5.74) is 5.75. The lowest BCUT2D eigenvalue weighted by Gasteiger charge is -2.22. The highest BCUT2D eigenvalue weighted by Gasteiger charge is 2.33. The van der Waals surface area contributed by atoms with Gasteiger partial charge in [0.25, 0.3) is 0 Å². The van der Waals surface area contributed by atoms with Gasteiger partial charge in [-0.1, -0.05) is 73.8 Å². The van der Waals surface area contributed by atoms with E-state index in [4.69, 9.17) is 5.10 Å². The fourth-order valence-corrected chi connectivity index (χ4v) is 4.53. The Labute approximate surface area is 216 Å². The van der Waals surface area contributed by atoms with Crippen LogP contribution in [0.3, 0.4) is 0 Å². The fourth-order valence-electron chi connectivity index (χ4n) is 4.00. The van der Waals surface area contributed by atoms with Gasteiger partial charge >= 0.3 is 0 Å². The van der Waals surface area contributed by atoms with Crippen molar-refractivity contribution in [3.05, 3.63) is 97.9 Å². The van der Waals surface area contributed by atoms with E-state index in [-0.39, 0.29) is 30.7 Å². The number of rotatable bonds is 6. The van der Waals surface area contributed by atoms with Crippen molar-refractivity contribution in [3.8, 4) is 0 Å². The van der Waals surface area contributed by atoms with E-state index in [1.54, 1.807) is 5.01 Å². The average molecular weight is 583 g/mol. The molecule has 1 heterocycles. The molecule has 5 nitrogen and oxygen atoms in total. The molecule has 0 aliphatic carbocycles. The zero-order valence-electron chi connectivity index (χ0n) is 19.0. The van der Waals surface area contributed by atoms with Crippen LogP contribution < -0.4 is 5.32 Å². The Hall–Kier alpha value is -2.77. The van der Waals surface area contributed by atoms with Gasteiger partial charge < -0.3 is 5.32 Å². The van der Waals surface area contributed by atoms with Crippen molar-refractivity contribution < 1.29 is 9.59 Å². The number of hydrogen-bond donors (Lipinski definition) is 1. The number of halogens is 2. The minimum Gasteiger partial charge on any atom is -0.326 e. The van der Waals surface area contributed by atoms with Gasteiger partial charge in [-0.15, -0.1) is 0 Å². The number of hydrogen-bond acceptors (Lipinski definition) is 3. The summed E-state index contributed by atoms with van der Waals surface area (Å²) < 4.78 is 1.96. The second-order valence-electron chi connectivity index (χ2n) is 8.43. The molecule has 0 bridgehead atoms. The van der Waals surface area contributed by atoms with E-state index >= 15 is 0 Å². The van der Waals surface area contributed by atoms with E-state index in [1.165, 1.54) is 0 Å². The van der Waals surface area contributed by atoms with Crippen LogP contribution in [0.5, 0.6) is 0 Å². The van der Waals surface area contributed by atoms with Crippen molar-refractivity contribution in [2.45, 2.75) is 39.2 Å². The van der Waals surface area contributed by atoms with E-state index < -0.39 is 0 Å². The quantitative estimate of drug-likeness (QED) is 0.343. The maximum atomic E-state index is 13.2. The second-order valence-corrected chi connectivity index (χ2v) is 10.3. The zero-order chi connectivity index (χ0) is 24.2. The summed E-state index contributed by atoms with van der Waals surface area (Å²) in [4.78, 5) is 25.8. The lowest BCUT2D eigenvalue weighted by Crippen LogP contribution is -2.28. The summed E-state index contributed by atoms with van der Waals surface area (Å²) in [7, 11) is 0. The van der Waals surface area contributed by atoms with Crippen LogP contribution in [0.4, 0.5) is 5.69 Å². The predicted octanol–water partition coefficient (Wildman–Crippen LogP) is 6.93. The number of carbonyl (C=O) groups excluding carboxylic acids is 2. The van der Waals surface area contributed by atoms with Crippen molar-refractivity contribution in [2.24, 2.45) is 5.10 Å². The maximum Gasteiger partial charge on any atom is 0.243 e. The van der Waals surface area contributed by atoms with E-state index in [1.807, 2.05) is 80.6 Å². The van der Waals surface area contributed by atoms with Crippen molar-refractivity contribution >= 4 is 55.1 Å². The number of aryl methyl sites for hydroxylation is 2. The topological polar surface area (TPSA) is 61.8 Å². The third-order valence-corrected chi connectivity index (χ3v) is 6.88. The van der Waals surface area contributed by atoms with Crippen LogP contribution in [-0.4, -0.2) is 22.5 Å².